The maximum absolute atomic E-state index is 13.8. The Kier molecular flexibility index (Phi) is 8.48. The van der Waals surface area contributed by atoms with Gasteiger partial charge in [-0.25, -0.2) is 4.79 Å². The quantitative estimate of drug-likeness (QED) is 0.311. The first-order chi connectivity index (χ1) is 24.5. The number of thioether (sulfide) groups is 1. The van der Waals surface area contributed by atoms with Crippen molar-refractivity contribution >= 4 is 29.6 Å². The van der Waals surface area contributed by atoms with E-state index >= 15 is 0 Å². The predicted octanol–water partition coefficient (Wildman–Crippen LogP) is 2.47. The van der Waals surface area contributed by atoms with Crippen molar-refractivity contribution in [2.75, 3.05) is 39.9 Å². The molecule has 8 atom stereocenters. The average molecular weight is 720 g/mol. The number of rotatable bonds is 4. The summed E-state index contributed by atoms with van der Waals surface area (Å²) >= 11 is 1.42. The van der Waals surface area contributed by atoms with Gasteiger partial charge in [-0.2, -0.15) is 5.26 Å². The fourth-order valence-corrected chi connectivity index (χ4v) is 10.8. The summed E-state index contributed by atoms with van der Waals surface area (Å²) in [4.78, 5) is 44.2. The highest BCUT2D eigenvalue weighted by molar-refractivity contribution is 7.99. The number of likely N-dealkylation sites (N-methyl/N-ethyl adjacent to an activating group) is 1. The molecule has 3 fully saturated rings. The van der Waals surface area contributed by atoms with Crippen molar-refractivity contribution in [2.45, 2.75) is 87.6 Å². The maximum Gasteiger partial charge on any atom is 0.329 e. The smallest absolute Gasteiger partial charge is 0.329 e. The fraction of sp³-hybridized carbons (Fsp3) is 0.556. The van der Waals surface area contributed by atoms with Crippen LogP contribution in [-0.4, -0.2) is 103 Å². The van der Waals surface area contributed by atoms with Gasteiger partial charge in [-0.05, 0) is 57.8 Å². The minimum Gasteiger partial charge on any atom is -0.504 e. The molecule has 0 radical (unpaired) electrons. The molecule has 2 aromatic carbocycles. The highest BCUT2D eigenvalue weighted by Crippen LogP contribution is 2.64. The van der Waals surface area contributed by atoms with Crippen LogP contribution < -0.4 is 29.6 Å². The third kappa shape index (κ3) is 5.13. The van der Waals surface area contributed by atoms with Crippen LogP contribution in [0.4, 0.5) is 0 Å². The van der Waals surface area contributed by atoms with Crippen molar-refractivity contribution in [3.05, 3.63) is 39.4 Å². The lowest BCUT2D eigenvalue weighted by molar-refractivity contribution is -0.152. The highest BCUT2D eigenvalue weighted by atomic mass is 32.2. The molecule has 0 aliphatic carbocycles. The largest absolute Gasteiger partial charge is 0.504 e. The molecular weight excluding hydrogens is 678 g/mol. The Morgan fingerprint density at radius 2 is 1.94 bits per heavy atom. The van der Waals surface area contributed by atoms with E-state index in [1.165, 1.54) is 25.8 Å². The van der Waals surface area contributed by atoms with Gasteiger partial charge in [0.25, 0.3) is 0 Å². The number of methoxy groups -OCH3 is 1. The zero-order valence-corrected chi connectivity index (χ0v) is 29.9. The molecule has 7 aliphatic heterocycles. The molecule has 9 rings (SSSR count). The molecule has 0 spiro atoms. The summed E-state index contributed by atoms with van der Waals surface area (Å²) in [6.45, 7) is 5.54. The van der Waals surface area contributed by atoms with Gasteiger partial charge in [-0.15, -0.1) is 11.8 Å². The molecule has 14 nitrogen and oxygen atoms in total. The number of nitriles is 1. The van der Waals surface area contributed by atoms with Crippen molar-refractivity contribution in [3.8, 4) is 34.8 Å². The van der Waals surface area contributed by atoms with Crippen LogP contribution in [0.15, 0.2) is 6.07 Å². The van der Waals surface area contributed by atoms with Crippen LogP contribution in [0, 0.1) is 25.2 Å². The molecule has 7 aliphatic rings. The third-order valence-corrected chi connectivity index (χ3v) is 12.8. The lowest BCUT2D eigenvalue weighted by Crippen LogP contribution is -2.69. The standard InChI is InChI=1S/C36H41N5O9S/c1-15-9-18-10-21-22(11-37)41-23-12-47-36(45)20(39-35(44)19-7-6-8-38-19)13-51-34(28(41)27(40(21)4)24(18)29(43)30(15)46-5)26-25(23)33-32(48-14-49-33)16(2)31(26)50-17(3)42/h9,19-23,27-28,34,38,43H,6-8,10,12-14H2,1-5H3,(H,39,44)/t19-,20?,21-,22-,23-,27+,28?,34+/m0/s1. The molecule has 4 bridgehead atoms. The van der Waals surface area contributed by atoms with E-state index < -0.39 is 53.4 Å². The van der Waals surface area contributed by atoms with E-state index in [1.54, 1.807) is 0 Å². The van der Waals surface area contributed by atoms with E-state index in [2.05, 4.69) is 26.5 Å². The third-order valence-electron chi connectivity index (χ3n) is 11.4. The van der Waals surface area contributed by atoms with E-state index in [-0.39, 0.29) is 36.9 Å². The van der Waals surface area contributed by atoms with E-state index in [4.69, 9.17) is 23.7 Å². The Labute approximate surface area is 299 Å². The van der Waals surface area contributed by atoms with Gasteiger partial charge in [0.15, 0.2) is 23.0 Å². The Balaban J connectivity index is 1.36. The van der Waals surface area contributed by atoms with Gasteiger partial charge >= 0.3 is 11.9 Å². The SMILES string of the molecule is COc1c(C)cc2c(c1O)[C@@H]1C3[C@@H]4SCC(NC(=O)[C@@H]5CCCN5)C(=O)OC[C@@H](c5c6c(c(C)c(OC(C)=O)c54)OCO6)N3[C@@H](C#N)[C@H](C2)N1C. The number of nitrogens with one attached hydrogen (secondary N) is 2. The summed E-state index contributed by atoms with van der Waals surface area (Å²) in [6.07, 6.45) is 2.03. The van der Waals surface area contributed by atoms with Gasteiger partial charge in [0.05, 0.1) is 36.6 Å². The van der Waals surface area contributed by atoms with E-state index in [0.29, 0.717) is 58.1 Å². The van der Waals surface area contributed by atoms with E-state index in [1.807, 2.05) is 27.0 Å². The van der Waals surface area contributed by atoms with Crippen LogP contribution >= 0.6 is 11.8 Å². The average Bonchev–Trinajstić information content (AvgIpc) is 3.81. The molecule has 15 heteroatoms. The lowest BCUT2D eigenvalue weighted by atomic mass is 9.71. The number of carbonyl (C=O) groups excluding carboxylic acids is 3. The number of carbonyl (C=O) groups is 3. The first kappa shape index (κ1) is 33.9. The van der Waals surface area contributed by atoms with Crippen molar-refractivity contribution in [3.63, 3.8) is 0 Å². The molecule has 3 saturated heterocycles. The van der Waals surface area contributed by atoms with Crippen molar-refractivity contribution in [1.29, 1.82) is 5.26 Å². The Morgan fingerprint density at radius 3 is 2.65 bits per heavy atom. The summed E-state index contributed by atoms with van der Waals surface area (Å²) in [5.41, 5.74) is 4.32. The molecule has 1 amide bonds. The maximum atomic E-state index is 13.8. The zero-order valence-electron chi connectivity index (χ0n) is 29.1. The molecule has 0 saturated carbocycles. The zero-order chi connectivity index (χ0) is 35.9. The van der Waals surface area contributed by atoms with E-state index in [0.717, 1.165) is 24.1 Å². The summed E-state index contributed by atoms with van der Waals surface area (Å²) in [7, 11) is 3.50. The number of fused-ring (bicyclic) bond motifs is 10. The Hall–Kier alpha value is -4.23. The van der Waals surface area contributed by atoms with Crippen LogP contribution in [-0.2, 0) is 25.5 Å². The number of amides is 1. The molecule has 270 valence electrons. The number of aryl methyl sites for hydroxylation is 1. The van der Waals surface area contributed by atoms with Gasteiger partial charge in [0.1, 0.15) is 24.4 Å². The summed E-state index contributed by atoms with van der Waals surface area (Å²) in [6, 6.07) is 0.593. The molecule has 3 N–H and O–H groups in total. The second-order valence-corrected chi connectivity index (χ2v) is 15.3. The number of hydrogen-bond acceptors (Lipinski definition) is 14. The van der Waals surface area contributed by atoms with Gasteiger partial charge in [0.2, 0.25) is 12.7 Å². The number of nitrogens with zero attached hydrogens (tertiary/aromatic N) is 3. The van der Waals surface area contributed by atoms with Crippen molar-refractivity contribution in [1.82, 2.24) is 20.4 Å². The molecule has 2 aromatic rings. The summed E-state index contributed by atoms with van der Waals surface area (Å²) in [5, 5.41) is 28.5. The van der Waals surface area contributed by atoms with Gasteiger partial charge in [0, 0.05) is 47.0 Å². The summed E-state index contributed by atoms with van der Waals surface area (Å²) in [5.74, 6) is 0.394. The number of phenolic OH excluding ortho intramolecular Hbond substituents is 1. The number of ether oxygens (including phenoxy) is 5. The van der Waals surface area contributed by atoms with Gasteiger partial charge < -0.3 is 39.4 Å². The second-order valence-electron chi connectivity index (χ2n) is 14.1. The Bertz CT molecular complexity index is 1880. The number of benzene rings is 2. The van der Waals surface area contributed by atoms with Crippen LogP contribution in [0.3, 0.4) is 0 Å². The van der Waals surface area contributed by atoms with Crippen molar-refractivity contribution < 1.29 is 43.2 Å². The van der Waals surface area contributed by atoms with Crippen LogP contribution in [0.2, 0.25) is 0 Å². The van der Waals surface area contributed by atoms with Crippen LogP contribution in [0.5, 0.6) is 28.7 Å². The fourth-order valence-electron chi connectivity index (χ4n) is 9.25. The lowest BCUT2D eigenvalue weighted by Gasteiger charge is -2.61. The Morgan fingerprint density at radius 1 is 1.16 bits per heavy atom. The van der Waals surface area contributed by atoms with E-state index in [9.17, 15) is 24.8 Å². The minimum atomic E-state index is -0.968. The topological polar surface area (TPSA) is 172 Å². The molecule has 0 aromatic heterocycles. The molecule has 2 unspecified atom stereocenters. The number of esters is 2. The summed E-state index contributed by atoms with van der Waals surface area (Å²) < 4.78 is 29.9. The molecule has 7 heterocycles. The molecule has 51 heavy (non-hydrogen) atoms. The van der Waals surface area contributed by atoms with Gasteiger partial charge in [-0.3, -0.25) is 19.4 Å². The highest BCUT2D eigenvalue weighted by Gasteiger charge is 2.60. The molecular formula is C36H41N5O9S. The predicted molar refractivity (Wildman–Crippen MR) is 183 cm³/mol. The number of hydrogen-bond donors (Lipinski definition) is 3. The first-order valence-electron chi connectivity index (χ1n) is 17.3. The van der Waals surface area contributed by atoms with Crippen molar-refractivity contribution in [2.24, 2.45) is 0 Å². The first-order valence-corrected chi connectivity index (χ1v) is 18.3. The normalized spacial score (nSPS) is 30.7. The van der Waals surface area contributed by atoms with Crippen LogP contribution in [0.1, 0.15) is 70.5 Å². The minimum absolute atomic E-state index is 0.0408. The number of aromatic hydroxyl groups is 1. The number of phenols is 1. The monoisotopic (exact) mass is 719 g/mol. The number of piperazine rings is 1. The van der Waals surface area contributed by atoms with Gasteiger partial charge in [-0.1, -0.05) is 6.07 Å². The second kappa shape index (κ2) is 12.8. The van der Waals surface area contributed by atoms with Crippen LogP contribution in [0.25, 0.3) is 0 Å².